The molecule has 0 aromatic carbocycles. The van der Waals surface area contributed by atoms with Crippen LogP contribution in [0.2, 0.25) is 3.67 Å². The Morgan fingerprint density at radius 1 is 1.50 bits per heavy atom. The molecule has 0 fully saturated rings. The van der Waals surface area contributed by atoms with Crippen molar-refractivity contribution < 1.29 is 24.4 Å². The summed E-state index contributed by atoms with van der Waals surface area (Å²) in [4.78, 5) is 21.6. The van der Waals surface area contributed by atoms with Crippen molar-refractivity contribution in [3.05, 3.63) is 0 Å². The van der Waals surface area contributed by atoms with Crippen LogP contribution < -0.4 is 0 Å². The van der Waals surface area contributed by atoms with Gasteiger partial charge in [-0.1, -0.05) is 0 Å². The molecule has 10 heavy (non-hydrogen) atoms. The molecule has 1 atom stereocenters. The van der Waals surface area contributed by atoms with Gasteiger partial charge in [0.2, 0.25) is 0 Å². The second-order valence-corrected chi connectivity index (χ2v) is 3.61. The first-order valence-corrected chi connectivity index (χ1v) is 5.71. The SMILES string of the molecule is CC(O)[CH2][Na].O=P(O)(O)O. The monoisotopic (exact) mass is 180 g/mol. The van der Waals surface area contributed by atoms with Gasteiger partial charge < -0.3 is 14.7 Å². The van der Waals surface area contributed by atoms with Gasteiger partial charge in [-0.15, -0.1) is 0 Å². The van der Waals surface area contributed by atoms with Gasteiger partial charge >= 0.3 is 57.6 Å². The van der Waals surface area contributed by atoms with Crippen LogP contribution in [0.4, 0.5) is 0 Å². The van der Waals surface area contributed by atoms with E-state index in [1.807, 2.05) is 6.92 Å². The molecule has 7 heteroatoms. The van der Waals surface area contributed by atoms with Crippen molar-refractivity contribution in [3.8, 4) is 0 Å². The van der Waals surface area contributed by atoms with E-state index in [4.69, 9.17) is 24.4 Å². The molecule has 0 aromatic heterocycles. The first-order chi connectivity index (χ1) is 4.27. The summed E-state index contributed by atoms with van der Waals surface area (Å²) in [7, 11) is -4.64. The largest absolute Gasteiger partial charge is 0.466 e. The maximum atomic E-state index is 8.88. The van der Waals surface area contributed by atoms with Crippen molar-refractivity contribution in [1.82, 2.24) is 0 Å². The summed E-state index contributed by atoms with van der Waals surface area (Å²) in [5.74, 6) is 0. The zero-order valence-corrected chi connectivity index (χ0v) is 8.82. The van der Waals surface area contributed by atoms with Gasteiger partial charge in [-0.2, -0.15) is 0 Å². The van der Waals surface area contributed by atoms with Crippen LogP contribution in [-0.2, 0) is 4.57 Å². The standard InChI is InChI=1S/C3H7O.Na.H3O4P/c1-3(2)4;;1-5(2,3)4/h3-4H,1H2,2H3;;(H3,1,2,3,4). The molecule has 0 rings (SSSR count). The predicted octanol–water partition coefficient (Wildman–Crippen LogP) is -0.975. The van der Waals surface area contributed by atoms with Crippen LogP contribution in [0.5, 0.6) is 0 Å². The molecule has 5 nitrogen and oxygen atoms in total. The predicted molar refractivity (Wildman–Crippen MR) is 36.5 cm³/mol. The Morgan fingerprint density at radius 2 is 1.60 bits per heavy atom. The number of hydrogen-bond donors (Lipinski definition) is 4. The van der Waals surface area contributed by atoms with E-state index < -0.39 is 7.82 Å². The summed E-state index contributed by atoms with van der Waals surface area (Å²) in [6.07, 6.45) is -0.0540. The van der Waals surface area contributed by atoms with E-state index in [9.17, 15) is 0 Å². The summed E-state index contributed by atoms with van der Waals surface area (Å²) >= 11 is 1.12. The molecule has 0 spiro atoms. The minimum atomic E-state index is -4.64. The van der Waals surface area contributed by atoms with Crippen molar-refractivity contribution in [1.29, 1.82) is 0 Å². The van der Waals surface area contributed by atoms with E-state index in [2.05, 4.69) is 0 Å². The summed E-state index contributed by atoms with van der Waals surface area (Å²) in [5.41, 5.74) is 0. The molecule has 4 N–H and O–H groups in total. The molecule has 0 aliphatic heterocycles. The zero-order chi connectivity index (χ0) is 8.78. The number of aliphatic hydroxyl groups excluding tert-OH is 1. The number of rotatable bonds is 1. The van der Waals surface area contributed by atoms with Crippen LogP contribution >= 0.6 is 7.82 Å². The Labute approximate surface area is 76.7 Å². The van der Waals surface area contributed by atoms with Crippen molar-refractivity contribution in [2.24, 2.45) is 0 Å². The Morgan fingerprint density at radius 3 is 1.60 bits per heavy atom. The van der Waals surface area contributed by atoms with Crippen LogP contribution in [0.25, 0.3) is 0 Å². The van der Waals surface area contributed by atoms with Gasteiger partial charge in [0.25, 0.3) is 0 Å². The maximum absolute atomic E-state index is 8.88. The number of phosphoric acid groups is 1. The van der Waals surface area contributed by atoms with Crippen LogP contribution in [0.1, 0.15) is 6.92 Å². The van der Waals surface area contributed by atoms with Gasteiger partial charge in [-0.05, 0) is 0 Å². The Balaban J connectivity index is 0. The van der Waals surface area contributed by atoms with E-state index in [1.165, 1.54) is 0 Å². The molecular formula is C3H10NaO5P. The number of hydrogen-bond acceptors (Lipinski definition) is 2. The fraction of sp³-hybridized carbons (Fsp3) is 1.00. The van der Waals surface area contributed by atoms with Gasteiger partial charge in [-0.3, -0.25) is 0 Å². The van der Waals surface area contributed by atoms with Crippen molar-refractivity contribution in [2.45, 2.75) is 16.7 Å². The molecule has 0 heterocycles. The average molecular weight is 180 g/mol. The molecular weight excluding hydrogens is 170 g/mol. The van der Waals surface area contributed by atoms with Gasteiger partial charge in [0.05, 0.1) is 0 Å². The Hall–Kier alpha value is 1.07. The van der Waals surface area contributed by atoms with Crippen LogP contribution in [-0.4, -0.2) is 53.8 Å². The number of aliphatic hydroxyl groups is 1. The van der Waals surface area contributed by atoms with Crippen molar-refractivity contribution >= 4 is 35.8 Å². The van der Waals surface area contributed by atoms with E-state index in [1.54, 1.807) is 0 Å². The topological polar surface area (TPSA) is 98.0 Å². The molecule has 0 aromatic rings. The quantitative estimate of drug-likeness (QED) is 0.307. The molecule has 0 amide bonds. The van der Waals surface area contributed by atoms with E-state index in [-0.39, 0.29) is 6.10 Å². The summed E-state index contributed by atoms with van der Waals surface area (Å²) in [5, 5.41) is 8.40. The molecule has 58 valence electrons. The maximum Gasteiger partial charge on any atom is 0.466 e. The fourth-order valence-electron chi connectivity index (χ4n) is 0. The third-order valence-corrected chi connectivity index (χ3v) is 1.77. The van der Waals surface area contributed by atoms with Gasteiger partial charge in [0.1, 0.15) is 0 Å². The van der Waals surface area contributed by atoms with E-state index in [0.717, 1.165) is 31.6 Å². The van der Waals surface area contributed by atoms with E-state index >= 15 is 0 Å². The Bertz CT molecular complexity index is 101. The Kier molecular flexibility index (Phi) is 9.22. The second-order valence-electron chi connectivity index (χ2n) is 1.77. The summed E-state index contributed by atoms with van der Waals surface area (Å²) in [6, 6.07) is 0. The fourth-order valence-corrected chi connectivity index (χ4v) is 0. The van der Waals surface area contributed by atoms with Gasteiger partial charge in [0.15, 0.2) is 0 Å². The molecule has 0 radical (unpaired) electrons. The van der Waals surface area contributed by atoms with E-state index in [0.29, 0.717) is 0 Å². The molecule has 0 saturated carbocycles. The first kappa shape index (κ1) is 13.6. The summed E-state index contributed by atoms with van der Waals surface area (Å²) < 4.78 is 9.88. The smallest absolute Gasteiger partial charge is 0.303 e. The zero-order valence-electron chi connectivity index (χ0n) is 5.93. The third-order valence-electron chi connectivity index (χ3n) is 0.591. The molecule has 0 aliphatic carbocycles. The minimum Gasteiger partial charge on any atom is -0.303 e. The minimum absolute atomic E-state index is 0.0540. The molecule has 1 unspecified atom stereocenters. The normalized spacial score (nSPS) is 13.5. The van der Waals surface area contributed by atoms with Gasteiger partial charge in [0, 0.05) is 0 Å². The summed E-state index contributed by atoms with van der Waals surface area (Å²) in [6.45, 7) is 1.81. The van der Waals surface area contributed by atoms with Crippen LogP contribution in [0, 0.1) is 0 Å². The van der Waals surface area contributed by atoms with Crippen molar-refractivity contribution in [2.75, 3.05) is 0 Å². The van der Waals surface area contributed by atoms with Crippen molar-refractivity contribution in [3.63, 3.8) is 0 Å². The molecule has 0 aliphatic rings. The third kappa shape index (κ3) is 62.7. The molecule has 0 saturated heterocycles. The molecule has 0 bridgehead atoms. The van der Waals surface area contributed by atoms with Crippen LogP contribution in [0.15, 0.2) is 0 Å². The average Bonchev–Trinajstić information content (AvgIpc) is 1.61. The first-order valence-electron chi connectivity index (χ1n) is 2.73. The van der Waals surface area contributed by atoms with Crippen LogP contribution in [0.3, 0.4) is 0 Å². The van der Waals surface area contributed by atoms with Gasteiger partial charge in [-0.25, -0.2) is 4.57 Å². The second kappa shape index (κ2) is 6.76.